The zero-order valence-electron chi connectivity index (χ0n) is 15.1. The van der Waals surface area contributed by atoms with E-state index in [-0.39, 0.29) is 23.0 Å². The van der Waals surface area contributed by atoms with E-state index in [1.807, 2.05) is 25.1 Å². The number of aldehydes is 1. The molecule has 1 aromatic heterocycles. The molecule has 0 bridgehead atoms. The number of carbonyl (C=O) groups is 2. The Kier molecular flexibility index (Phi) is 5.39. The molecular formula is C19H20BN3O4. The number of fused-ring (bicyclic) bond motifs is 1. The summed E-state index contributed by atoms with van der Waals surface area (Å²) >= 11 is 0. The Balaban J connectivity index is 1.76. The van der Waals surface area contributed by atoms with Crippen molar-refractivity contribution in [3.63, 3.8) is 0 Å². The minimum atomic E-state index is -1.76. The van der Waals surface area contributed by atoms with Crippen LogP contribution in [0.25, 0.3) is 10.9 Å². The number of nitrogens with one attached hydrogen (secondary N) is 1. The molecule has 3 N–H and O–H groups in total. The van der Waals surface area contributed by atoms with Gasteiger partial charge >= 0.3 is 7.12 Å². The molecule has 7 nitrogen and oxygen atoms in total. The summed E-state index contributed by atoms with van der Waals surface area (Å²) < 4.78 is 0. The van der Waals surface area contributed by atoms with Gasteiger partial charge in [-0.05, 0) is 48.6 Å². The highest BCUT2D eigenvalue weighted by Gasteiger charge is 2.21. The number of hydrogen-bond donors (Lipinski definition) is 3. The number of aromatic nitrogens is 2. The number of carbonyl (C=O) groups excluding carboxylic acids is 2. The van der Waals surface area contributed by atoms with Crippen LogP contribution in [0.5, 0.6) is 0 Å². The summed E-state index contributed by atoms with van der Waals surface area (Å²) in [6.07, 6.45) is 2.93. The van der Waals surface area contributed by atoms with Crippen molar-refractivity contribution < 1.29 is 19.6 Å². The lowest BCUT2D eigenvalue weighted by atomic mass is 9.76. The highest BCUT2D eigenvalue weighted by molar-refractivity contribution is 6.60. The minimum absolute atomic E-state index is 0.0747. The lowest BCUT2D eigenvalue weighted by Crippen LogP contribution is -2.37. The summed E-state index contributed by atoms with van der Waals surface area (Å²) in [6, 6.07) is 10.2. The second-order valence-corrected chi connectivity index (χ2v) is 6.60. The van der Waals surface area contributed by atoms with Crippen LogP contribution in [-0.4, -0.2) is 57.5 Å². The Morgan fingerprint density at radius 2 is 2.07 bits per heavy atom. The third-order valence-electron chi connectivity index (χ3n) is 4.76. The highest BCUT2D eigenvalue weighted by atomic mass is 16.4. The first kappa shape index (κ1) is 18.8. The van der Waals surface area contributed by atoms with E-state index < -0.39 is 7.12 Å². The molecule has 1 unspecified atom stereocenters. The summed E-state index contributed by atoms with van der Waals surface area (Å²) in [5, 5.41) is 26.5. The van der Waals surface area contributed by atoms with Gasteiger partial charge in [0.25, 0.3) is 5.91 Å². The second-order valence-electron chi connectivity index (χ2n) is 6.60. The van der Waals surface area contributed by atoms with Crippen molar-refractivity contribution >= 4 is 35.7 Å². The number of benzene rings is 2. The predicted molar refractivity (Wildman–Crippen MR) is 103 cm³/mol. The van der Waals surface area contributed by atoms with Crippen molar-refractivity contribution in [2.75, 3.05) is 7.05 Å². The molecule has 1 atom stereocenters. The number of likely N-dealkylation sites (N-methyl/N-ethyl adjacent to an activating group) is 1. The van der Waals surface area contributed by atoms with Gasteiger partial charge in [0.1, 0.15) is 6.29 Å². The van der Waals surface area contributed by atoms with E-state index in [0.29, 0.717) is 18.3 Å². The van der Waals surface area contributed by atoms with Crippen LogP contribution in [-0.2, 0) is 6.42 Å². The van der Waals surface area contributed by atoms with E-state index in [1.165, 1.54) is 18.2 Å². The topological polar surface area (TPSA) is 107 Å². The van der Waals surface area contributed by atoms with Crippen LogP contribution in [0.4, 0.5) is 0 Å². The van der Waals surface area contributed by atoms with E-state index in [4.69, 9.17) is 0 Å². The Morgan fingerprint density at radius 3 is 2.78 bits per heavy atom. The zero-order chi connectivity index (χ0) is 19.6. The van der Waals surface area contributed by atoms with Crippen molar-refractivity contribution in [1.29, 1.82) is 0 Å². The Labute approximate surface area is 156 Å². The molecule has 0 aliphatic carbocycles. The predicted octanol–water partition coefficient (Wildman–Crippen LogP) is 0.758. The summed E-state index contributed by atoms with van der Waals surface area (Å²) in [7, 11) is -0.0532. The van der Waals surface area contributed by atoms with Crippen molar-refractivity contribution in [3.8, 4) is 0 Å². The second kappa shape index (κ2) is 7.73. The molecule has 1 heterocycles. The van der Waals surface area contributed by atoms with Crippen LogP contribution in [0.2, 0.25) is 0 Å². The van der Waals surface area contributed by atoms with Gasteiger partial charge in [0.2, 0.25) is 0 Å². The third-order valence-corrected chi connectivity index (χ3v) is 4.76. The molecule has 0 aliphatic heterocycles. The maximum Gasteiger partial charge on any atom is 0.489 e. The fraction of sp³-hybridized carbons (Fsp3) is 0.211. The van der Waals surface area contributed by atoms with Gasteiger partial charge in [-0.25, -0.2) is 0 Å². The molecular weight excluding hydrogens is 345 g/mol. The molecule has 27 heavy (non-hydrogen) atoms. The Morgan fingerprint density at radius 1 is 1.30 bits per heavy atom. The maximum atomic E-state index is 12.8. The van der Waals surface area contributed by atoms with E-state index >= 15 is 0 Å². The van der Waals surface area contributed by atoms with E-state index in [9.17, 15) is 19.6 Å². The molecule has 2 aromatic carbocycles. The average molecular weight is 365 g/mol. The average Bonchev–Trinajstić information content (AvgIpc) is 3.13. The van der Waals surface area contributed by atoms with E-state index in [2.05, 4.69) is 10.2 Å². The van der Waals surface area contributed by atoms with Crippen molar-refractivity contribution in [3.05, 3.63) is 59.3 Å². The number of hydrogen-bond acceptors (Lipinski definition) is 5. The number of aromatic amines is 1. The largest absolute Gasteiger partial charge is 0.489 e. The van der Waals surface area contributed by atoms with Gasteiger partial charge < -0.3 is 14.9 Å². The zero-order valence-corrected chi connectivity index (χ0v) is 15.1. The molecule has 0 fully saturated rings. The molecule has 1 amide bonds. The summed E-state index contributed by atoms with van der Waals surface area (Å²) in [4.78, 5) is 25.6. The molecule has 3 rings (SSSR count). The Bertz CT molecular complexity index is 986. The molecule has 3 aromatic rings. The molecule has 138 valence electrons. The van der Waals surface area contributed by atoms with Crippen molar-refractivity contribution in [2.24, 2.45) is 0 Å². The van der Waals surface area contributed by atoms with Gasteiger partial charge in [0, 0.05) is 29.6 Å². The molecule has 8 heteroatoms. The van der Waals surface area contributed by atoms with Gasteiger partial charge in [0.15, 0.2) is 0 Å². The fourth-order valence-corrected chi connectivity index (χ4v) is 3.05. The summed E-state index contributed by atoms with van der Waals surface area (Å²) in [5.74, 6) is -0.242. The quantitative estimate of drug-likeness (QED) is 0.442. The first-order valence-corrected chi connectivity index (χ1v) is 8.55. The van der Waals surface area contributed by atoms with Crippen LogP contribution in [0.3, 0.4) is 0 Å². The van der Waals surface area contributed by atoms with Crippen LogP contribution >= 0.6 is 0 Å². The lowest BCUT2D eigenvalue weighted by Gasteiger charge is -2.25. The molecule has 0 spiro atoms. The van der Waals surface area contributed by atoms with E-state index in [1.54, 1.807) is 18.1 Å². The monoisotopic (exact) mass is 365 g/mol. The van der Waals surface area contributed by atoms with Crippen LogP contribution in [0, 0.1) is 0 Å². The molecule has 0 saturated carbocycles. The normalized spacial score (nSPS) is 12.0. The van der Waals surface area contributed by atoms with E-state index in [0.717, 1.165) is 16.5 Å². The van der Waals surface area contributed by atoms with Crippen molar-refractivity contribution in [2.45, 2.75) is 19.4 Å². The summed E-state index contributed by atoms with van der Waals surface area (Å²) in [6.45, 7) is 1.95. The first-order valence-electron chi connectivity index (χ1n) is 8.55. The van der Waals surface area contributed by atoms with Gasteiger partial charge in [-0.2, -0.15) is 5.10 Å². The lowest BCUT2D eigenvalue weighted by molar-refractivity contribution is 0.0743. The molecule has 0 aliphatic rings. The number of amides is 1. The highest BCUT2D eigenvalue weighted by Crippen LogP contribution is 2.17. The first-order chi connectivity index (χ1) is 12.9. The van der Waals surface area contributed by atoms with Crippen molar-refractivity contribution in [1.82, 2.24) is 15.1 Å². The molecule has 0 radical (unpaired) electrons. The number of H-pyrrole nitrogens is 1. The van der Waals surface area contributed by atoms with Crippen LogP contribution in [0.15, 0.2) is 42.6 Å². The van der Waals surface area contributed by atoms with Gasteiger partial charge in [0.05, 0.1) is 11.7 Å². The minimum Gasteiger partial charge on any atom is -0.423 e. The fourth-order valence-electron chi connectivity index (χ4n) is 3.05. The van der Waals surface area contributed by atoms with Crippen LogP contribution < -0.4 is 5.46 Å². The maximum absolute atomic E-state index is 12.8. The Hall–Kier alpha value is -2.97. The van der Waals surface area contributed by atoms with Gasteiger partial charge in [-0.1, -0.05) is 12.1 Å². The third kappa shape index (κ3) is 3.91. The van der Waals surface area contributed by atoms with Crippen LogP contribution in [0.1, 0.15) is 33.2 Å². The standard InChI is InChI=1S/C19H20BN3O4/c1-12(7-13-3-6-18-15(8-13)10-21-22-18)23(2)19(25)14-4-5-17(20(26)27)16(9-14)11-24/h3-6,8-12,26-27H,7H2,1-2H3,(H,21,22). The smallest absolute Gasteiger partial charge is 0.423 e. The number of nitrogens with zero attached hydrogens (tertiary/aromatic N) is 2. The van der Waals surface area contributed by atoms with Gasteiger partial charge in [-0.15, -0.1) is 0 Å². The summed E-state index contributed by atoms with van der Waals surface area (Å²) in [5.41, 5.74) is 2.53. The van der Waals surface area contributed by atoms with Gasteiger partial charge in [-0.3, -0.25) is 14.7 Å². The SMILES string of the molecule is CC(Cc1ccc2[nH]ncc2c1)N(C)C(=O)c1ccc(B(O)O)c(C=O)c1. The molecule has 0 saturated heterocycles. The number of rotatable bonds is 6.